The SMILES string of the molecule is COc1cc(OC)cc(N2C(=O)c3cc(-c4ccco4)nn3C[C@@]2(C)C(=O)NCc2ccc(C)cc2)c1. The van der Waals surface area contributed by atoms with Gasteiger partial charge in [-0.25, -0.2) is 0 Å². The zero-order valence-corrected chi connectivity index (χ0v) is 21.1. The van der Waals surface area contributed by atoms with Crippen molar-refractivity contribution in [1.82, 2.24) is 15.1 Å². The number of carbonyl (C=O) groups excluding carboxylic acids is 2. The number of anilines is 1. The highest BCUT2D eigenvalue weighted by atomic mass is 16.5. The lowest BCUT2D eigenvalue weighted by Gasteiger charge is -2.43. The number of aromatic nitrogens is 2. The molecule has 2 amide bonds. The van der Waals surface area contributed by atoms with E-state index in [0.29, 0.717) is 40.9 Å². The zero-order chi connectivity index (χ0) is 26.2. The third kappa shape index (κ3) is 4.44. The number of aryl methyl sites for hydroxylation is 1. The number of furan rings is 1. The van der Waals surface area contributed by atoms with Crippen molar-refractivity contribution < 1.29 is 23.5 Å². The Morgan fingerprint density at radius 2 is 1.78 bits per heavy atom. The minimum absolute atomic E-state index is 0.133. The number of rotatable bonds is 7. The summed E-state index contributed by atoms with van der Waals surface area (Å²) in [5.41, 5.74) is 2.12. The Kier molecular flexibility index (Phi) is 6.20. The summed E-state index contributed by atoms with van der Waals surface area (Å²) in [5.74, 6) is 0.846. The van der Waals surface area contributed by atoms with Crippen LogP contribution in [0.2, 0.25) is 0 Å². The van der Waals surface area contributed by atoms with Gasteiger partial charge < -0.3 is 19.2 Å². The number of fused-ring (bicyclic) bond motifs is 1. The van der Waals surface area contributed by atoms with E-state index in [1.54, 1.807) is 54.3 Å². The second-order valence-corrected chi connectivity index (χ2v) is 9.20. The van der Waals surface area contributed by atoms with Gasteiger partial charge in [-0.05, 0) is 31.5 Å². The zero-order valence-electron chi connectivity index (χ0n) is 21.1. The average molecular weight is 501 g/mol. The number of carbonyl (C=O) groups is 2. The monoisotopic (exact) mass is 500 g/mol. The first-order chi connectivity index (χ1) is 17.8. The molecule has 3 heterocycles. The van der Waals surface area contributed by atoms with Crippen LogP contribution in [0.3, 0.4) is 0 Å². The van der Waals surface area contributed by atoms with E-state index >= 15 is 0 Å². The fourth-order valence-corrected chi connectivity index (χ4v) is 4.53. The summed E-state index contributed by atoms with van der Waals surface area (Å²) in [7, 11) is 3.07. The van der Waals surface area contributed by atoms with Crippen molar-refractivity contribution in [2.24, 2.45) is 0 Å². The first-order valence-corrected chi connectivity index (χ1v) is 11.9. The first kappa shape index (κ1) is 24.2. The van der Waals surface area contributed by atoms with E-state index in [4.69, 9.17) is 13.9 Å². The van der Waals surface area contributed by atoms with Gasteiger partial charge in [0.05, 0.1) is 32.7 Å². The topological polar surface area (TPSA) is 98.8 Å². The van der Waals surface area contributed by atoms with Crippen LogP contribution in [0.4, 0.5) is 5.69 Å². The van der Waals surface area contributed by atoms with Gasteiger partial charge in [-0.3, -0.25) is 19.2 Å². The molecular weight excluding hydrogens is 472 g/mol. The molecule has 9 heteroatoms. The highest BCUT2D eigenvalue weighted by molar-refractivity contribution is 6.12. The van der Waals surface area contributed by atoms with E-state index in [1.165, 1.54) is 19.1 Å². The molecule has 0 saturated carbocycles. The van der Waals surface area contributed by atoms with Gasteiger partial charge in [0.25, 0.3) is 5.91 Å². The Hall–Kier alpha value is -4.53. The molecule has 0 saturated heterocycles. The predicted octanol–water partition coefficient (Wildman–Crippen LogP) is 4.20. The van der Waals surface area contributed by atoms with E-state index < -0.39 is 5.54 Å². The van der Waals surface area contributed by atoms with Crippen LogP contribution in [-0.4, -0.2) is 41.4 Å². The van der Waals surface area contributed by atoms with E-state index in [0.717, 1.165) is 11.1 Å². The molecule has 1 aliphatic rings. The molecule has 0 fully saturated rings. The molecule has 1 aliphatic heterocycles. The Labute approximate surface area is 214 Å². The number of ether oxygens (including phenoxy) is 2. The summed E-state index contributed by atoms with van der Waals surface area (Å²) >= 11 is 0. The van der Waals surface area contributed by atoms with Crippen LogP contribution in [0.5, 0.6) is 11.5 Å². The van der Waals surface area contributed by atoms with Crippen molar-refractivity contribution >= 4 is 17.5 Å². The van der Waals surface area contributed by atoms with E-state index in [2.05, 4.69) is 10.4 Å². The molecule has 4 aromatic rings. The van der Waals surface area contributed by atoms with Gasteiger partial charge in [0.2, 0.25) is 5.91 Å². The van der Waals surface area contributed by atoms with Gasteiger partial charge in [-0.2, -0.15) is 5.10 Å². The molecule has 9 nitrogen and oxygen atoms in total. The Morgan fingerprint density at radius 1 is 1.08 bits per heavy atom. The second-order valence-electron chi connectivity index (χ2n) is 9.20. The summed E-state index contributed by atoms with van der Waals surface area (Å²) in [6.07, 6.45) is 1.55. The minimum Gasteiger partial charge on any atom is -0.497 e. The Bertz CT molecular complexity index is 1420. The van der Waals surface area contributed by atoms with Crippen LogP contribution >= 0.6 is 0 Å². The molecule has 37 heavy (non-hydrogen) atoms. The lowest BCUT2D eigenvalue weighted by atomic mass is 9.93. The van der Waals surface area contributed by atoms with Crippen LogP contribution in [0.1, 0.15) is 28.5 Å². The van der Waals surface area contributed by atoms with Crippen molar-refractivity contribution in [1.29, 1.82) is 0 Å². The molecule has 190 valence electrons. The summed E-state index contributed by atoms with van der Waals surface area (Å²) in [5, 5.41) is 7.61. The maximum Gasteiger partial charge on any atom is 0.277 e. The number of hydrogen-bond donors (Lipinski definition) is 1. The van der Waals surface area contributed by atoms with Crippen LogP contribution in [0.25, 0.3) is 11.5 Å². The second kappa shape index (κ2) is 9.50. The molecule has 1 N–H and O–H groups in total. The van der Waals surface area contributed by atoms with Crippen molar-refractivity contribution in [3.63, 3.8) is 0 Å². The van der Waals surface area contributed by atoms with E-state index in [-0.39, 0.29) is 18.4 Å². The van der Waals surface area contributed by atoms with E-state index in [9.17, 15) is 9.59 Å². The minimum atomic E-state index is -1.31. The summed E-state index contributed by atoms with van der Waals surface area (Å²) < 4.78 is 17.9. The normalized spacial score (nSPS) is 16.9. The summed E-state index contributed by atoms with van der Waals surface area (Å²) in [4.78, 5) is 29.3. The number of nitrogens with zero attached hydrogens (tertiary/aromatic N) is 3. The fraction of sp³-hybridized carbons (Fsp3) is 0.250. The van der Waals surface area contributed by atoms with Crippen molar-refractivity contribution in [2.75, 3.05) is 19.1 Å². The van der Waals surface area contributed by atoms with Crippen LogP contribution < -0.4 is 19.7 Å². The highest BCUT2D eigenvalue weighted by Crippen LogP contribution is 2.37. The third-order valence-corrected chi connectivity index (χ3v) is 6.58. The first-order valence-electron chi connectivity index (χ1n) is 11.9. The summed E-state index contributed by atoms with van der Waals surface area (Å²) in [6.45, 7) is 4.20. The van der Waals surface area contributed by atoms with Crippen LogP contribution in [0.15, 0.2) is 71.3 Å². The Balaban J connectivity index is 1.57. The molecule has 2 aromatic heterocycles. The van der Waals surface area contributed by atoms with Crippen LogP contribution in [-0.2, 0) is 17.9 Å². The summed E-state index contributed by atoms with van der Waals surface area (Å²) in [6, 6.07) is 18.3. The largest absolute Gasteiger partial charge is 0.497 e. The van der Waals surface area contributed by atoms with Gasteiger partial charge >= 0.3 is 0 Å². The van der Waals surface area contributed by atoms with Gasteiger partial charge in [-0.1, -0.05) is 29.8 Å². The van der Waals surface area contributed by atoms with Crippen molar-refractivity contribution in [3.05, 3.63) is 83.7 Å². The maximum atomic E-state index is 14.0. The standard InChI is InChI=1S/C28H28N4O5/c1-18-7-9-19(10-8-18)16-29-27(34)28(2)17-31-24(15-23(30-31)25-6-5-11-37-25)26(33)32(28)20-12-21(35-3)14-22(13-20)36-4/h5-15H,16-17H2,1-4H3,(H,29,34)/t28-/m0/s1. The Morgan fingerprint density at radius 3 is 2.41 bits per heavy atom. The lowest BCUT2D eigenvalue weighted by Crippen LogP contribution is -2.64. The number of nitrogens with one attached hydrogen (secondary N) is 1. The molecule has 5 rings (SSSR count). The molecule has 0 spiro atoms. The molecule has 0 radical (unpaired) electrons. The van der Waals surface area contributed by atoms with Crippen LogP contribution in [0, 0.1) is 6.92 Å². The predicted molar refractivity (Wildman–Crippen MR) is 138 cm³/mol. The number of benzene rings is 2. The number of methoxy groups -OCH3 is 2. The smallest absolute Gasteiger partial charge is 0.277 e. The highest BCUT2D eigenvalue weighted by Gasteiger charge is 2.49. The molecular formula is C28H28N4O5. The van der Waals surface area contributed by atoms with Crippen molar-refractivity contribution in [2.45, 2.75) is 32.5 Å². The van der Waals surface area contributed by atoms with Gasteiger partial charge in [0.15, 0.2) is 5.76 Å². The van der Waals surface area contributed by atoms with Crippen molar-refractivity contribution in [3.8, 4) is 23.0 Å². The average Bonchev–Trinajstić information content (AvgIpc) is 3.58. The fourth-order valence-electron chi connectivity index (χ4n) is 4.53. The molecule has 2 aromatic carbocycles. The number of amides is 2. The van der Waals surface area contributed by atoms with Gasteiger partial charge in [-0.15, -0.1) is 0 Å². The van der Waals surface area contributed by atoms with Gasteiger partial charge in [0, 0.05) is 30.8 Å². The maximum absolute atomic E-state index is 14.0. The quantitative estimate of drug-likeness (QED) is 0.408. The molecule has 0 bridgehead atoms. The lowest BCUT2D eigenvalue weighted by molar-refractivity contribution is -0.126. The molecule has 0 unspecified atom stereocenters. The number of hydrogen-bond acceptors (Lipinski definition) is 6. The third-order valence-electron chi connectivity index (χ3n) is 6.58. The van der Waals surface area contributed by atoms with Gasteiger partial charge in [0.1, 0.15) is 28.4 Å². The molecule has 0 aliphatic carbocycles. The van der Waals surface area contributed by atoms with E-state index in [1.807, 2.05) is 31.2 Å². The molecule has 1 atom stereocenters.